The van der Waals surface area contributed by atoms with Crippen molar-refractivity contribution in [1.29, 1.82) is 0 Å². The van der Waals surface area contributed by atoms with Gasteiger partial charge in [-0.05, 0) is 69.3 Å². The van der Waals surface area contributed by atoms with E-state index in [1.54, 1.807) is 19.1 Å². The number of hydrogen-bond acceptors (Lipinski definition) is 7. The zero-order chi connectivity index (χ0) is 22.0. The fraction of sp³-hybridized carbons (Fsp3) is 0.304. The number of nitrogens with one attached hydrogen (secondary N) is 1. The van der Waals surface area contributed by atoms with Gasteiger partial charge in [0.05, 0.1) is 0 Å². The summed E-state index contributed by atoms with van der Waals surface area (Å²) in [4.78, 5) is 19.6. The molecule has 0 amide bonds. The molecule has 0 spiro atoms. The highest BCUT2D eigenvalue weighted by molar-refractivity contribution is 7.18. The Bertz CT molecular complexity index is 1080. The summed E-state index contributed by atoms with van der Waals surface area (Å²) in [6, 6.07) is 12.4. The Morgan fingerprint density at radius 1 is 1.32 bits per heavy atom. The number of nitrogen functional groups attached to an aromatic ring is 1. The lowest BCUT2D eigenvalue weighted by Gasteiger charge is -2.19. The van der Waals surface area contributed by atoms with Crippen LogP contribution in [0, 0.1) is 12.7 Å². The Hall–Kier alpha value is -2.97. The molecule has 2 heterocycles. The molecule has 3 aromatic rings. The molecule has 0 radical (unpaired) electrons. The van der Waals surface area contributed by atoms with Crippen LogP contribution in [-0.2, 0) is 0 Å². The number of likely N-dealkylation sites (tertiary alicyclic amines) is 1. The van der Waals surface area contributed by atoms with Crippen molar-refractivity contribution in [1.82, 2.24) is 9.88 Å². The molecule has 1 aromatic heterocycles. The number of nitrogens with two attached hydrogens (primary N) is 1. The van der Waals surface area contributed by atoms with E-state index < -0.39 is 5.82 Å². The van der Waals surface area contributed by atoms with Crippen LogP contribution >= 0.6 is 11.3 Å². The van der Waals surface area contributed by atoms with E-state index in [4.69, 9.17) is 10.5 Å². The first-order chi connectivity index (χ1) is 14.9. The van der Waals surface area contributed by atoms with Crippen molar-refractivity contribution in [3.05, 3.63) is 64.3 Å². The Morgan fingerprint density at radius 2 is 2.10 bits per heavy atom. The summed E-state index contributed by atoms with van der Waals surface area (Å²) < 4.78 is 19.7. The normalized spacial score (nSPS) is 16.4. The van der Waals surface area contributed by atoms with E-state index >= 15 is 0 Å². The van der Waals surface area contributed by atoms with Crippen LogP contribution in [0.1, 0.15) is 33.6 Å². The maximum atomic E-state index is 13.8. The van der Waals surface area contributed by atoms with Crippen LogP contribution in [0.4, 0.5) is 21.0 Å². The average Bonchev–Trinajstić information content (AvgIpc) is 3.33. The van der Waals surface area contributed by atoms with E-state index in [9.17, 15) is 9.18 Å². The number of ether oxygens (including phenoxy) is 1. The molecule has 1 aliphatic heterocycles. The second-order valence-corrected chi connectivity index (χ2v) is 8.76. The average molecular weight is 441 g/mol. The first kappa shape index (κ1) is 21.3. The fourth-order valence-corrected chi connectivity index (χ4v) is 4.42. The molecule has 1 atom stereocenters. The Balaban J connectivity index is 1.40. The number of thiazole rings is 1. The molecular formula is C23H25FN4O2S. The van der Waals surface area contributed by atoms with Gasteiger partial charge in [0.1, 0.15) is 28.9 Å². The van der Waals surface area contributed by atoms with Gasteiger partial charge in [0.25, 0.3) is 0 Å². The first-order valence-corrected chi connectivity index (χ1v) is 11.0. The smallest absolute Gasteiger partial charge is 0.206 e. The van der Waals surface area contributed by atoms with Gasteiger partial charge in [-0.15, -0.1) is 0 Å². The molecule has 31 heavy (non-hydrogen) atoms. The van der Waals surface area contributed by atoms with Crippen LogP contribution in [0.3, 0.4) is 0 Å². The second-order valence-electron chi connectivity index (χ2n) is 7.76. The molecule has 1 saturated heterocycles. The van der Waals surface area contributed by atoms with Gasteiger partial charge in [-0.2, -0.15) is 0 Å². The van der Waals surface area contributed by atoms with Gasteiger partial charge in [0, 0.05) is 17.3 Å². The highest BCUT2D eigenvalue weighted by Gasteiger charge is 2.21. The Morgan fingerprint density at radius 3 is 2.77 bits per heavy atom. The topological polar surface area (TPSA) is 80.5 Å². The van der Waals surface area contributed by atoms with Crippen molar-refractivity contribution in [2.75, 3.05) is 31.2 Å². The number of nitrogens with zero attached hydrogens (tertiary/aromatic N) is 2. The van der Waals surface area contributed by atoms with Gasteiger partial charge in [-0.3, -0.25) is 4.79 Å². The number of aryl methyl sites for hydroxylation is 1. The van der Waals surface area contributed by atoms with Crippen LogP contribution in [0.25, 0.3) is 0 Å². The van der Waals surface area contributed by atoms with Gasteiger partial charge in [0.15, 0.2) is 5.13 Å². The molecular weight excluding hydrogens is 415 g/mol. The van der Waals surface area contributed by atoms with Crippen molar-refractivity contribution >= 4 is 33.8 Å². The van der Waals surface area contributed by atoms with E-state index in [-0.39, 0.29) is 22.0 Å². The van der Waals surface area contributed by atoms with E-state index in [0.717, 1.165) is 35.7 Å². The molecule has 3 N–H and O–H groups in total. The number of hydrogen-bond donors (Lipinski definition) is 2. The Labute approximate surface area is 184 Å². The fourth-order valence-electron chi connectivity index (χ4n) is 3.55. The van der Waals surface area contributed by atoms with Crippen molar-refractivity contribution in [2.24, 2.45) is 0 Å². The quantitative estimate of drug-likeness (QED) is 0.522. The van der Waals surface area contributed by atoms with Gasteiger partial charge in [-0.25, -0.2) is 9.37 Å². The highest BCUT2D eigenvalue weighted by atomic mass is 32.1. The summed E-state index contributed by atoms with van der Waals surface area (Å²) in [6.07, 6.45) is 2.38. The SMILES string of the molecule is Cc1ccc(C(=O)c2sc(Nc3ccc(OCC4CCCN4C)cc3)nc2N)cc1F. The summed E-state index contributed by atoms with van der Waals surface area (Å²) in [5.74, 6) is 0.164. The third-order valence-corrected chi connectivity index (χ3v) is 6.50. The van der Waals surface area contributed by atoms with E-state index in [1.165, 1.54) is 12.5 Å². The number of aromatic nitrogens is 1. The third kappa shape index (κ3) is 4.86. The van der Waals surface area contributed by atoms with Gasteiger partial charge in [-0.1, -0.05) is 23.5 Å². The molecule has 6 nitrogen and oxygen atoms in total. The minimum absolute atomic E-state index is 0.124. The minimum Gasteiger partial charge on any atom is -0.492 e. The monoisotopic (exact) mass is 440 g/mol. The van der Waals surface area contributed by atoms with Crippen molar-refractivity contribution < 1.29 is 13.9 Å². The van der Waals surface area contributed by atoms with Crippen LogP contribution in [0.2, 0.25) is 0 Å². The third-order valence-electron chi connectivity index (χ3n) is 5.51. The van der Waals surface area contributed by atoms with Crippen molar-refractivity contribution in [2.45, 2.75) is 25.8 Å². The molecule has 1 fully saturated rings. The molecule has 1 unspecified atom stereocenters. The van der Waals surface area contributed by atoms with Crippen LogP contribution in [0.15, 0.2) is 42.5 Å². The van der Waals surface area contributed by atoms with E-state index in [2.05, 4.69) is 22.2 Å². The van der Waals surface area contributed by atoms with Crippen LogP contribution in [-0.4, -0.2) is 41.9 Å². The zero-order valence-corrected chi connectivity index (χ0v) is 18.3. The number of carbonyl (C=O) groups excluding carboxylic acids is 1. The van der Waals surface area contributed by atoms with Crippen molar-refractivity contribution in [3.63, 3.8) is 0 Å². The predicted molar refractivity (Wildman–Crippen MR) is 122 cm³/mol. The van der Waals surface area contributed by atoms with Gasteiger partial charge in [0.2, 0.25) is 5.78 Å². The number of rotatable bonds is 7. The summed E-state index contributed by atoms with van der Waals surface area (Å²) in [5.41, 5.74) is 7.50. The van der Waals surface area contributed by atoms with Crippen LogP contribution < -0.4 is 15.8 Å². The largest absolute Gasteiger partial charge is 0.492 e. The summed E-state index contributed by atoms with van der Waals surface area (Å²) in [7, 11) is 2.13. The van der Waals surface area contributed by atoms with E-state index in [0.29, 0.717) is 23.3 Å². The molecule has 162 valence electrons. The molecule has 8 heteroatoms. The molecule has 0 bridgehead atoms. The predicted octanol–water partition coefficient (Wildman–Crippen LogP) is 4.62. The van der Waals surface area contributed by atoms with Gasteiger partial charge >= 0.3 is 0 Å². The van der Waals surface area contributed by atoms with Crippen molar-refractivity contribution in [3.8, 4) is 5.75 Å². The number of ketones is 1. The summed E-state index contributed by atoms with van der Waals surface area (Å²) in [6.45, 7) is 3.45. The number of carbonyl (C=O) groups is 1. The van der Waals surface area contributed by atoms with Gasteiger partial charge < -0.3 is 20.7 Å². The molecule has 4 rings (SSSR count). The molecule has 2 aromatic carbocycles. The lowest BCUT2D eigenvalue weighted by molar-refractivity contribution is 0.104. The molecule has 0 aliphatic carbocycles. The maximum Gasteiger partial charge on any atom is 0.206 e. The lowest BCUT2D eigenvalue weighted by atomic mass is 10.1. The lowest BCUT2D eigenvalue weighted by Crippen LogP contribution is -2.30. The first-order valence-electron chi connectivity index (χ1n) is 10.2. The molecule has 1 aliphatic rings. The zero-order valence-electron chi connectivity index (χ0n) is 17.5. The van der Waals surface area contributed by atoms with E-state index in [1.807, 2.05) is 24.3 Å². The number of anilines is 3. The minimum atomic E-state index is -0.422. The molecule has 0 saturated carbocycles. The Kier molecular flexibility index (Phi) is 6.20. The summed E-state index contributed by atoms with van der Waals surface area (Å²) >= 11 is 1.14. The highest BCUT2D eigenvalue weighted by Crippen LogP contribution is 2.30. The second kappa shape index (κ2) is 9.03. The maximum absolute atomic E-state index is 13.8. The van der Waals surface area contributed by atoms with Crippen LogP contribution in [0.5, 0.6) is 5.75 Å². The number of benzene rings is 2. The summed E-state index contributed by atoms with van der Waals surface area (Å²) in [5, 5.41) is 3.66. The number of likely N-dealkylation sites (N-methyl/N-ethyl adjacent to an activating group) is 1. The number of halogens is 1. The standard InChI is InChI=1S/C23H25FN4O2S/c1-14-5-6-15(12-19(14)24)20(29)21-22(25)27-23(31-21)26-16-7-9-18(10-8-16)30-13-17-4-3-11-28(17)2/h5-10,12,17H,3-4,11,13,25H2,1-2H3,(H,26,27).